The van der Waals surface area contributed by atoms with E-state index in [0.29, 0.717) is 0 Å². The fraction of sp³-hybridized carbons (Fsp3) is 1.00. The number of halogens is 2. The summed E-state index contributed by atoms with van der Waals surface area (Å²) in [5, 5.41) is 0. The monoisotopic (exact) mass is 201 g/mol. The second-order valence-electron chi connectivity index (χ2n) is 2.81. The summed E-state index contributed by atoms with van der Waals surface area (Å²) in [7, 11) is 0. The summed E-state index contributed by atoms with van der Waals surface area (Å²) in [5.41, 5.74) is 0.137. The van der Waals surface area contributed by atoms with Gasteiger partial charge in [0.1, 0.15) is 0 Å². The van der Waals surface area contributed by atoms with E-state index in [1.165, 1.54) is 6.42 Å². The van der Waals surface area contributed by atoms with Gasteiger partial charge in [0.25, 0.3) is 0 Å². The Hall–Kier alpha value is 0.810. The summed E-state index contributed by atoms with van der Waals surface area (Å²) in [6.07, 6.45) is 5.51. The molecule has 0 aromatic carbocycles. The highest BCUT2D eigenvalue weighted by Crippen LogP contribution is 2.57. The molecular weight excluding hydrogens is 190 g/mol. The Kier molecular flexibility index (Phi) is 3.09. The third kappa shape index (κ3) is 2.45. The maximum absolute atomic E-state index is 11.1. The molecule has 0 saturated heterocycles. The standard InChI is InChI=1S/C6H12Cl2OP/c7-10(8,9)6-4-2-1-3-5-6/h6-7H,1-5H2/q+1. The average molecular weight is 202 g/mol. The fourth-order valence-corrected chi connectivity index (χ4v) is 3.59. The van der Waals surface area contributed by atoms with E-state index >= 15 is 0 Å². The minimum atomic E-state index is -2.69. The van der Waals surface area contributed by atoms with E-state index in [4.69, 9.17) is 22.5 Å². The number of hydrogen-bond donors (Lipinski definition) is 0. The summed E-state index contributed by atoms with van der Waals surface area (Å²) < 4.78 is 11.1. The molecule has 1 aliphatic carbocycles. The van der Waals surface area contributed by atoms with Crippen molar-refractivity contribution >= 4 is 17.1 Å². The molecule has 1 saturated carbocycles. The SMILES string of the molecule is O=P(Cl)([ClH+])C1CCCCC1. The second kappa shape index (κ2) is 3.47. The van der Waals surface area contributed by atoms with Crippen molar-refractivity contribution in [1.29, 1.82) is 0 Å². The molecule has 1 nitrogen and oxygen atoms in total. The molecule has 4 heteroatoms. The van der Waals surface area contributed by atoms with E-state index in [1.807, 2.05) is 0 Å². The Morgan fingerprint density at radius 2 is 1.80 bits per heavy atom. The van der Waals surface area contributed by atoms with Crippen molar-refractivity contribution in [1.82, 2.24) is 0 Å². The van der Waals surface area contributed by atoms with Crippen LogP contribution in [0.4, 0.5) is 0 Å². The van der Waals surface area contributed by atoms with Crippen LogP contribution in [-0.2, 0) is 4.57 Å². The molecule has 1 aliphatic rings. The lowest BCUT2D eigenvalue weighted by Crippen LogP contribution is -2.09. The van der Waals surface area contributed by atoms with Gasteiger partial charge in [-0.25, -0.2) is 4.57 Å². The maximum atomic E-state index is 11.1. The van der Waals surface area contributed by atoms with Crippen LogP contribution in [0.2, 0.25) is 0 Å². The summed E-state index contributed by atoms with van der Waals surface area (Å²) in [4.78, 5) is 0. The molecule has 0 aliphatic heterocycles. The quantitative estimate of drug-likeness (QED) is 0.597. The van der Waals surface area contributed by atoms with Gasteiger partial charge in [-0.1, -0.05) is 19.3 Å². The topological polar surface area (TPSA) is 17.1 Å². The summed E-state index contributed by atoms with van der Waals surface area (Å²) in [5.74, 6) is -2.69. The molecule has 1 fully saturated rings. The predicted molar refractivity (Wildman–Crippen MR) is 41.7 cm³/mol. The van der Waals surface area contributed by atoms with Gasteiger partial charge in [0.05, 0.1) is 5.66 Å². The average Bonchev–Trinajstić information content (AvgIpc) is 1.88. The Morgan fingerprint density at radius 3 is 2.10 bits per heavy atom. The number of hydrogen-bond acceptors (Lipinski definition) is 1. The smallest absolute Gasteiger partial charge is 0.237 e. The first-order valence-corrected chi connectivity index (χ1v) is 7.30. The van der Waals surface area contributed by atoms with E-state index in [0.717, 1.165) is 25.7 Å². The third-order valence-corrected chi connectivity index (χ3v) is 5.12. The van der Waals surface area contributed by atoms with Gasteiger partial charge in [-0.2, -0.15) is 0 Å². The van der Waals surface area contributed by atoms with Crippen LogP contribution in [0.3, 0.4) is 0 Å². The minimum Gasteiger partial charge on any atom is -0.237 e. The molecule has 0 aromatic rings. The van der Waals surface area contributed by atoms with Crippen molar-refractivity contribution in [3.05, 3.63) is 0 Å². The van der Waals surface area contributed by atoms with Gasteiger partial charge in [-0.05, 0) is 12.8 Å². The van der Waals surface area contributed by atoms with Crippen LogP contribution in [0.15, 0.2) is 0 Å². The van der Waals surface area contributed by atoms with Crippen LogP contribution >= 0.6 is 17.1 Å². The van der Waals surface area contributed by atoms with Gasteiger partial charge in [0, 0.05) is 11.2 Å². The van der Waals surface area contributed by atoms with Crippen LogP contribution < -0.4 is 0 Å². The molecule has 0 N–H and O–H groups in total. The molecule has 0 amide bonds. The molecule has 0 heterocycles. The van der Waals surface area contributed by atoms with Gasteiger partial charge < -0.3 is 0 Å². The molecule has 10 heavy (non-hydrogen) atoms. The van der Waals surface area contributed by atoms with Crippen LogP contribution in [0.25, 0.3) is 0 Å². The number of rotatable bonds is 1. The first-order chi connectivity index (χ1) is 4.61. The van der Waals surface area contributed by atoms with Gasteiger partial charge in [-0.3, -0.25) is 0 Å². The molecule has 0 bridgehead atoms. The summed E-state index contributed by atoms with van der Waals surface area (Å²) in [6.45, 7) is 0. The zero-order chi connectivity index (χ0) is 7.61. The minimum absolute atomic E-state index is 0.137. The fourth-order valence-electron chi connectivity index (χ4n) is 1.39. The van der Waals surface area contributed by atoms with Crippen LogP contribution in [0, 0.1) is 11.2 Å². The highest BCUT2D eigenvalue weighted by Gasteiger charge is 2.37. The lowest BCUT2D eigenvalue weighted by Gasteiger charge is -2.17. The maximum Gasteiger partial charge on any atom is 0.421 e. The van der Waals surface area contributed by atoms with E-state index in [-0.39, 0.29) is 5.66 Å². The highest BCUT2D eigenvalue weighted by atomic mass is 35.9. The van der Waals surface area contributed by atoms with E-state index in [2.05, 4.69) is 0 Å². The molecule has 1 unspecified atom stereocenters. The molecule has 1 atom stereocenters. The Bertz CT molecular complexity index is 148. The highest BCUT2D eigenvalue weighted by molar-refractivity contribution is 7.84. The molecular formula is C6H12Cl2OP+. The van der Waals surface area contributed by atoms with E-state index < -0.39 is 5.85 Å². The largest absolute Gasteiger partial charge is 0.421 e. The molecule has 60 valence electrons. The van der Waals surface area contributed by atoms with Gasteiger partial charge >= 0.3 is 5.85 Å². The summed E-state index contributed by atoms with van der Waals surface area (Å²) >= 11 is 10.3. The van der Waals surface area contributed by atoms with Crippen molar-refractivity contribution in [2.45, 2.75) is 37.8 Å². The van der Waals surface area contributed by atoms with Crippen LogP contribution in [0.1, 0.15) is 32.1 Å². The lowest BCUT2D eigenvalue weighted by molar-refractivity contribution is -0.171. The van der Waals surface area contributed by atoms with E-state index in [1.54, 1.807) is 0 Å². The molecule has 0 aromatic heterocycles. The van der Waals surface area contributed by atoms with Crippen molar-refractivity contribution in [2.24, 2.45) is 0 Å². The second-order valence-corrected chi connectivity index (χ2v) is 8.32. The molecule has 0 spiro atoms. The van der Waals surface area contributed by atoms with Crippen LogP contribution in [-0.4, -0.2) is 5.66 Å². The van der Waals surface area contributed by atoms with Crippen molar-refractivity contribution in [3.63, 3.8) is 0 Å². The Labute approximate surface area is 71.0 Å². The van der Waals surface area contributed by atoms with Crippen molar-refractivity contribution < 1.29 is 15.8 Å². The molecule has 1 rings (SSSR count). The third-order valence-electron chi connectivity index (χ3n) is 2.01. The van der Waals surface area contributed by atoms with Crippen molar-refractivity contribution in [3.8, 4) is 0 Å². The zero-order valence-corrected chi connectivity index (χ0v) is 8.22. The molecule has 0 radical (unpaired) electrons. The van der Waals surface area contributed by atoms with E-state index in [9.17, 15) is 4.57 Å². The Morgan fingerprint density at radius 1 is 1.30 bits per heavy atom. The van der Waals surface area contributed by atoms with Crippen LogP contribution in [0.5, 0.6) is 0 Å². The Balaban J connectivity index is 2.47. The van der Waals surface area contributed by atoms with Gasteiger partial charge in [0.2, 0.25) is 0 Å². The lowest BCUT2D eigenvalue weighted by atomic mass is 10.0. The zero-order valence-electron chi connectivity index (χ0n) is 5.75. The summed E-state index contributed by atoms with van der Waals surface area (Å²) in [6, 6.07) is 0. The van der Waals surface area contributed by atoms with Gasteiger partial charge in [0.15, 0.2) is 11.2 Å². The predicted octanol–water partition coefficient (Wildman–Crippen LogP) is 3.03. The van der Waals surface area contributed by atoms with Gasteiger partial charge in [-0.15, -0.1) is 0 Å². The van der Waals surface area contributed by atoms with Crippen molar-refractivity contribution in [2.75, 3.05) is 0 Å². The first kappa shape index (κ1) is 8.90. The normalized spacial score (nSPS) is 27.8. The first-order valence-electron chi connectivity index (χ1n) is 3.61.